The van der Waals surface area contributed by atoms with Gasteiger partial charge in [-0.15, -0.1) is 0 Å². The van der Waals surface area contributed by atoms with E-state index >= 15 is 0 Å². The summed E-state index contributed by atoms with van der Waals surface area (Å²) in [5, 5.41) is 0. The number of aryl methyl sites for hydroxylation is 2. The lowest BCUT2D eigenvalue weighted by atomic mass is 9.88. The summed E-state index contributed by atoms with van der Waals surface area (Å²) in [4.78, 5) is 43.3. The van der Waals surface area contributed by atoms with Gasteiger partial charge in [0.05, 0.1) is 0 Å². The van der Waals surface area contributed by atoms with Crippen LogP contribution in [0.4, 0.5) is 0 Å². The summed E-state index contributed by atoms with van der Waals surface area (Å²) in [6, 6.07) is 36.2. The van der Waals surface area contributed by atoms with Crippen LogP contribution in [0.5, 0.6) is 0 Å². The summed E-state index contributed by atoms with van der Waals surface area (Å²) in [5.41, 5.74) is 5.43. The lowest BCUT2D eigenvalue weighted by molar-refractivity contribution is 0.428. The molecule has 0 saturated heterocycles. The van der Waals surface area contributed by atoms with Gasteiger partial charge in [-0.25, -0.2) is 44.9 Å². The highest BCUT2D eigenvalue weighted by atomic mass is 15.1. The number of hydrogen-bond acceptors (Lipinski definition) is 9. The molecule has 3 heterocycles. The summed E-state index contributed by atoms with van der Waals surface area (Å²) >= 11 is 0. The van der Waals surface area contributed by atoms with Crippen LogP contribution in [0.15, 0.2) is 109 Å². The van der Waals surface area contributed by atoms with E-state index in [2.05, 4.69) is 21.0 Å². The molecule has 1 aliphatic rings. The first-order chi connectivity index (χ1) is 24.6. The van der Waals surface area contributed by atoms with Gasteiger partial charge in [-0.05, 0) is 32.8 Å². The number of nitrogens with zero attached hydrogens (tertiary/aromatic N) is 9. The molecule has 0 bridgehead atoms. The first-order valence-corrected chi connectivity index (χ1v) is 17.1. The quantitative estimate of drug-likeness (QED) is 0.166. The van der Waals surface area contributed by atoms with Crippen molar-refractivity contribution in [2.45, 2.75) is 51.9 Å². The summed E-state index contributed by atoms with van der Waals surface area (Å²) in [6.45, 7) is 3.76. The first-order valence-electron chi connectivity index (χ1n) is 17.1. The van der Waals surface area contributed by atoms with Crippen molar-refractivity contribution in [1.29, 1.82) is 0 Å². The van der Waals surface area contributed by atoms with Gasteiger partial charge in [-0.2, -0.15) is 0 Å². The molecule has 0 amide bonds. The van der Waals surface area contributed by atoms with Crippen LogP contribution in [0.3, 0.4) is 0 Å². The van der Waals surface area contributed by atoms with Crippen LogP contribution in [0, 0.1) is 13.8 Å². The van der Waals surface area contributed by atoms with Crippen LogP contribution in [0.2, 0.25) is 0 Å². The van der Waals surface area contributed by atoms with E-state index in [1.54, 1.807) is 0 Å². The van der Waals surface area contributed by atoms with Crippen molar-refractivity contribution in [3.8, 4) is 68.3 Å². The third-order valence-electron chi connectivity index (χ3n) is 8.96. The van der Waals surface area contributed by atoms with Gasteiger partial charge in [0, 0.05) is 39.3 Å². The van der Waals surface area contributed by atoms with Gasteiger partial charge < -0.3 is 0 Å². The van der Waals surface area contributed by atoms with Gasteiger partial charge in [0.25, 0.3) is 0 Å². The smallest absolute Gasteiger partial charge is 0.164 e. The van der Waals surface area contributed by atoms with Crippen molar-refractivity contribution in [3.05, 3.63) is 127 Å². The molecule has 0 spiro atoms. The Labute approximate surface area is 291 Å². The number of hydrogen-bond donors (Lipinski definition) is 0. The predicted molar refractivity (Wildman–Crippen MR) is 195 cm³/mol. The van der Waals surface area contributed by atoms with E-state index in [0.29, 0.717) is 52.5 Å². The second-order valence-corrected chi connectivity index (χ2v) is 12.6. The largest absolute Gasteiger partial charge is 0.219 e. The molecule has 8 rings (SSSR count). The third-order valence-corrected chi connectivity index (χ3v) is 8.96. The monoisotopic (exact) mass is 653 g/mol. The second kappa shape index (κ2) is 13.8. The SMILES string of the molecule is Cc1nc(C)nc(-c2cccc(-c3nc(-c4ccc(-c5nc(-c6ccccc6)nc(-c6ccccc6)n5)cc4)nc(C4CCCCC4)n3)c2)n1. The first kappa shape index (κ1) is 31.2. The molecule has 4 aromatic carbocycles. The average Bonchev–Trinajstić information content (AvgIpc) is 3.18. The van der Waals surface area contributed by atoms with E-state index < -0.39 is 0 Å². The molecular weight excluding hydrogens is 619 g/mol. The van der Waals surface area contributed by atoms with Crippen LogP contribution >= 0.6 is 0 Å². The molecular formula is C41H35N9. The van der Waals surface area contributed by atoms with E-state index in [9.17, 15) is 0 Å². The van der Waals surface area contributed by atoms with Gasteiger partial charge in [0.2, 0.25) is 0 Å². The predicted octanol–water partition coefficient (Wildman–Crippen LogP) is 8.91. The van der Waals surface area contributed by atoms with Crippen LogP contribution in [-0.4, -0.2) is 44.9 Å². The molecule has 3 aromatic heterocycles. The summed E-state index contributed by atoms with van der Waals surface area (Å²) in [5.74, 6) is 6.31. The highest BCUT2D eigenvalue weighted by Crippen LogP contribution is 2.34. The van der Waals surface area contributed by atoms with Gasteiger partial charge in [0.15, 0.2) is 34.9 Å². The topological polar surface area (TPSA) is 116 Å². The Kier molecular flexibility index (Phi) is 8.61. The lowest BCUT2D eigenvalue weighted by Crippen LogP contribution is -2.11. The van der Waals surface area contributed by atoms with Crippen molar-refractivity contribution in [2.24, 2.45) is 0 Å². The van der Waals surface area contributed by atoms with Crippen molar-refractivity contribution in [1.82, 2.24) is 44.9 Å². The fourth-order valence-corrected chi connectivity index (χ4v) is 6.44. The number of benzene rings is 4. The standard InChI is InChI=1S/C41H35N9/c1-26-42-27(2)44-40(43-26)33-19-12-20-34(25-33)41-49-37(30-17-10-5-11-18-30)48-39(50-41)32-23-21-31(22-24-32)38-46-35(28-13-6-3-7-14-28)45-36(47-38)29-15-8-4-9-16-29/h3-4,6-9,12-16,19-25,30H,5,10-11,17-18H2,1-2H3. The Hall–Kier alpha value is -6.09. The molecule has 0 aliphatic heterocycles. The molecule has 0 unspecified atom stereocenters. The Balaban J connectivity index is 1.18. The van der Waals surface area contributed by atoms with Gasteiger partial charge in [-0.3, -0.25) is 0 Å². The van der Waals surface area contributed by atoms with Gasteiger partial charge >= 0.3 is 0 Å². The van der Waals surface area contributed by atoms with E-state index in [1.807, 2.05) is 117 Å². The molecule has 1 aliphatic carbocycles. The number of aromatic nitrogens is 9. The Morgan fingerprint density at radius 2 is 0.740 bits per heavy atom. The van der Waals surface area contributed by atoms with Crippen molar-refractivity contribution in [2.75, 3.05) is 0 Å². The molecule has 244 valence electrons. The molecule has 0 N–H and O–H groups in total. The molecule has 7 aromatic rings. The van der Waals surface area contributed by atoms with Gasteiger partial charge in [0.1, 0.15) is 17.5 Å². The summed E-state index contributed by atoms with van der Waals surface area (Å²) < 4.78 is 0. The molecule has 0 atom stereocenters. The van der Waals surface area contributed by atoms with Crippen LogP contribution < -0.4 is 0 Å². The summed E-state index contributed by atoms with van der Waals surface area (Å²) in [6.07, 6.45) is 5.79. The molecule has 9 heteroatoms. The van der Waals surface area contributed by atoms with Crippen molar-refractivity contribution >= 4 is 0 Å². The molecule has 50 heavy (non-hydrogen) atoms. The Bertz CT molecular complexity index is 2190. The molecule has 9 nitrogen and oxygen atoms in total. The molecule has 1 saturated carbocycles. The Morgan fingerprint density at radius 1 is 0.360 bits per heavy atom. The molecule has 1 fully saturated rings. The highest BCUT2D eigenvalue weighted by molar-refractivity contribution is 5.70. The average molecular weight is 654 g/mol. The second-order valence-electron chi connectivity index (χ2n) is 12.6. The maximum Gasteiger partial charge on any atom is 0.164 e. The maximum atomic E-state index is 5.07. The van der Waals surface area contributed by atoms with E-state index in [0.717, 1.165) is 52.0 Å². The van der Waals surface area contributed by atoms with Crippen LogP contribution in [-0.2, 0) is 0 Å². The minimum atomic E-state index is 0.304. The highest BCUT2D eigenvalue weighted by Gasteiger charge is 2.22. The van der Waals surface area contributed by atoms with Crippen molar-refractivity contribution in [3.63, 3.8) is 0 Å². The normalized spacial score (nSPS) is 13.3. The minimum Gasteiger partial charge on any atom is -0.219 e. The van der Waals surface area contributed by atoms with Crippen LogP contribution in [0.1, 0.15) is 55.5 Å². The fraction of sp³-hybridized carbons (Fsp3) is 0.195. The van der Waals surface area contributed by atoms with E-state index in [4.69, 9.17) is 29.9 Å². The fourth-order valence-electron chi connectivity index (χ4n) is 6.44. The third kappa shape index (κ3) is 6.75. The zero-order valence-corrected chi connectivity index (χ0v) is 28.0. The van der Waals surface area contributed by atoms with Crippen LogP contribution in [0.25, 0.3) is 68.3 Å². The Morgan fingerprint density at radius 3 is 1.22 bits per heavy atom. The zero-order valence-electron chi connectivity index (χ0n) is 28.0. The van der Waals surface area contributed by atoms with E-state index in [-0.39, 0.29) is 0 Å². The van der Waals surface area contributed by atoms with E-state index in [1.165, 1.54) is 19.3 Å². The number of rotatable bonds is 7. The zero-order chi connectivity index (χ0) is 33.9. The van der Waals surface area contributed by atoms with Crippen molar-refractivity contribution < 1.29 is 0 Å². The minimum absolute atomic E-state index is 0.304. The molecule has 0 radical (unpaired) electrons. The maximum absolute atomic E-state index is 5.07. The lowest BCUT2D eigenvalue weighted by Gasteiger charge is -2.21. The van der Waals surface area contributed by atoms with Gasteiger partial charge in [-0.1, -0.05) is 122 Å². The summed E-state index contributed by atoms with van der Waals surface area (Å²) in [7, 11) is 0.